The number of carbonyl (C=O) groups is 1. The van der Waals surface area contributed by atoms with Crippen molar-refractivity contribution in [1.29, 1.82) is 0 Å². The van der Waals surface area contributed by atoms with Crippen LogP contribution in [0.2, 0.25) is 0 Å². The molecule has 0 spiro atoms. The lowest BCUT2D eigenvalue weighted by atomic mass is 10.2. The third kappa shape index (κ3) is 4.21. The summed E-state index contributed by atoms with van der Waals surface area (Å²) >= 11 is 0. The van der Waals surface area contributed by atoms with Crippen LogP contribution in [-0.4, -0.2) is 12.6 Å². The Balaban J connectivity index is 2.16. The van der Waals surface area contributed by atoms with Gasteiger partial charge < -0.3 is 9.47 Å². The lowest BCUT2D eigenvalue weighted by Crippen LogP contribution is -2.05. The standard InChI is InChI=1S/C16H12F4O3/c1-2-22-15(21)10-3-8-14(13(17)9-10)23-12-6-4-11(5-7-12)16(18,19)20/h3-9H,2H2,1H3. The van der Waals surface area contributed by atoms with Gasteiger partial charge in [-0.1, -0.05) is 0 Å². The summed E-state index contributed by atoms with van der Waals surface area (Å²) in [7, 11) is 0. The molecule has 0 radical (unpaired) electrons. The van der Waals surface area contributed by atoms with Gasteiger partial charge in [-0.05, 0) is 49.4 Å². The Kier molecular flexibility index (Phi) is 4.88. The van der Waals surface area contributed by atoms with Gasteiger partial charge in [0.05, 0.1) is 17.7 Å². The Morgan fingerprint density at radius 2 is 1.74 bits per heavy atom. The summed E-state index contributed by atoms with van der Waals surface area (Å²) in [5.74, 6) is -1.67. The van der Waals surface area contributed by atoms with Crippen molar-refractivity contribution >= 4 is 5.97 Å². The highest BCUT2D eigenvalue weighted by atomic mass is 19.4. The quantitative estimate of drug-likeness (QED) is 0.597. The van der Waals surface area contributed by atoms with Crippen LogP contribution >= 0.6 is 0 Å². The summed E-state index contributed by atoms with van der Waals surface area (Å²) in [6.07, 6.45) is -4.45. The lowest BCUT2D eigenvalue weighted by molar-refractivity contribution is -0.137. The summed E-state index contributed by atoms with van der Waals surface area (Å²) in [4.78, 5) is 11.5. The van der Waals surface area contributed by atoms with Crippen LogP contribution in [0.4, 0.5) is 17.6 Å². The highest BCUT2D eigenvalue weighted by Gasteiger charge is 2.30. The van der Waals surface area contributed by atoms with Gasteiger partial charge in [-0.2, -0.15) is 13.2 Å². The first kappa shape index (κ1) is 16.8. The molecule has 2 aromatic rings. The Morgan fingerprint density at radius 1 is 1.09 bits per heavy atom. The summed E-state index contributed by atoms with van der Waals surface area (Å²) in [5.41, 5.74) is -0.813. The second-order valence-corrected chi connectivity index (χ2v) is 4.49. The van der Waals surface area contributed by atoms with Crippen LogP contribution in [0.1, 0.15) is 22.8 Å². The molecule has 0 aromatic heterocycles. The van der Waals surface area contributed by atoms with E-state index in [-0.39, 0.29) is 23.7 Å². The summed E-state index contributed by atoms with van der Waals surface area (Å²) in [6.45, 7) is 1.78. The summed E-state index contributed by atoms with van der Waals surface area (Å²) in [6, 6.07) is 7.29. The van der Waals surface area contributed by atoms with Gasteiger partial charge in [0.25, 0.3) is 0 Å². The molecule has 0 N–H and O–H groups in total. The zero-order valence-corrected chi connectivity index (χ0v) is 12.0. The Hall–Kier alpha value is -2.57. The van der Waals surface area contributed by atoms with Gasteiger partial charge >= 0.3 is 12.1 Å². The number of benzene rings is 2. The maximum Gasteiger partial charge on any atom is 0.416 e. The molecule has 0 saturated heterocycles. The molecular formula is C16H12F4O3. The number of esters is 1. The predicted octanol–water partition coefficient (Wildman–Crippen LogP) is 4.81. The number of alkyl halides is 3. The maximum absolute atomic E-state index is 13.9. The van der Waals surface area contributed by atoms with E-state index >= 15 is 0 Å². The number of rotatable bonds is 4. The van der Waals surface area contributed by atoms with Gasteiger partial charge in [0.15, 0.2) is 11.6 Å². The van der Waals surface area contributed by atoms with Crippen molar-refractivity contribution in [2.24, 2.45) is 0 Å². The zero-order chi connectivity index (χ0) is 17.0. The number of ether oxygens (including phenoxy) is 2. The highest BCUT2D eigenvalue weighted by molar-refractivity contribution is 5.89. The van der Waals surface area contributed by atoms with Gasteiger partial charge in [-0.15, -0.1) is 0 Å². The Labute approximate surface area is 129 Å². The van der Waals surface area contributed by atoms with E-state index in [1.807, 2.05) is 0 Å². The lowest BCUT2D eigenvalue weighted by Gasteiger charge is -2.10. The first-order valence-corrected chi connectivity index (χ1v) is 6.63. The molecule has 0 unspecified atom stereocenters. The van der Waals surface area contributed by atoms with Crippen molar-refractivity contribution < 1.29 is 31.8 Å². The van der Waals surface area contributed by atoms with E-state index in [2.05, 4.69) is 0 Å². The molecule has 0 saturated carbocycles. The van der Waals surface area contributed by atoms with Crippen LogP contribution in [-0.2, 0) is 10.9 Å². The Bertz CT molecular complexity index is 693. The second-order valence-electron chi connectivity index (χ2n) is 4.49. The van der Waals surface area contributed by atoms with E-state index < -0.39 is 23.5 Å². The number of carbonyl (C=O) groups excluding carboxylic acids is 1. The molecule has 0 aliphatic heterocycles. The number of halogens is 4. The van der Waals surface area contributed by atoms with Gasteiger partial charge in [0.2, 0.25) is 0 Å². The molecule has 7 heteroatoms. The second kappa shape index (κ2) is 6.68. The summed E-state index contributed by atoms with van der Waals surface area (Å²) < 4.78 is 61.1. The molecule has 0 fully saturated rings. The summed E-state index contributed by atoms with van der Waals surface area (Å²) in [5, 5.41) is 0. The molecule has 2 aromatic carbocycles. The normalized spacial score (nSPS) is 11.2. The van der Waals surface area contributed by atoms with Crippen LogP contribution in [0.3, 0.4) is 0 Å². The van der Waals surface area contributed by atoms with Crippen LogP contribution < -0.4 is 4.74 Å². The molecule has 0 aliphatic rings. The van der Waals surface area contributed by atoms with Crippen molar-refractivity contribution in [3.05, 3.63) is 59.4 Å². The van der Waals surface area contributed by atoms with E-state index in [1.54, 1.807) is 6.92 Å². The van der Waals surface area contributed by atoms with Gasteiger partial charge in [0.1, 0.15) is 5.75 Å². The fourth-order valence-corrected chi connectivity index (χ4v) is 1.76. The highest BCUT2D eigenvalue weighted by Crippen LogP contribution is 2.32. The van der Waals surface area contributed by atoms with Crippen molar-refractivity contribution in [3.8, 4) is 11.5 Å². The van der Waals surface area contributed by atoms with E-state index in [0.29, 0.717) is 0 Å². The predicted molar refractivity (Wildman–Crippen MR) is 73.9 cm³/mol. The third-order valence-electron chi connectivity index (χ3n) is 2.85. The molecule has 3 nitrogen and oxygen atoms in total. The van der Waals surface area contributed by atoms with Gasteiger partial charge in [0, 0.05) is 0 Å². The van der Waals surface area contributed by atoms with Crippen LogP contribution in [0.5, 0.6) is 11.5 Å². The topological polar surface area (TPSA) is 35.5 Å². The first-order chi connectivity index (χ1) is 10.8. The minimum Gasteiger partial charge on any atom is -0.462 e. The molecule has 0 heterocycles. The van der Waals surface area contributed by atoms with Crippen LogP contribution in [0, 0.1) is 5.82 Å². The minimum absolute atomic E-state index is 0.0177. The van der Waals surface area contributed by atoms with E-state index in [4.69, 9.17) is 9.47 Å². The van der Waals surface area contributed by atoms with Gasteiger partial charge in [-0.3, -0.25) is 0 Å². The average Bonchev–Trinajstić information content (AvgIpc) is 2.49. The molecule has 2 rings (SSSR count). The molecule has 0 atom stereocenters. The fraction of sp³-hybridized carbons (Fsp3) is 0.188. The zero-order valence-electron chi connectivity index (χ0n) is 12.0. The van der Waals surface area contributed by atoms with E-state index in [1.165, 1.54) is 12.1 Å². The number of hydrogen-bond acceptors (Lipinski definition) is 3. The molecule has 0 amide bonds. The van der Waals surface area contributed by atoms with Crippen molar-refractivity contribution in [1.82, 2.24) is 0 Å². The van der Waals surface area contributed by atoms with Crippen molar-refractivity contribution in [2.45, 2.75) is 13.1 Å². The van der Waals surface area contributed by atoms with E-state index in [0.717, 1.165) is 30.3 Å². The molecule has 0 aliphatic carbocycles. The van der Waals surface area contributed by atoms with Crippen LogP contribution in [0.25, 0.3) is 0 Å². The van der Waals surface area contributed by atoms with E-state index in [9.17, 15) is 22.4 Å². The smallest absolute Gasteiger partial charge is 0.416 e. The van der Waals surface area contributed by atoms with Crippen molar-refractivity contribution in [2.75, 3.05) is 6.61 Å². The average molecular weight is 328 g/mol. The molecule has 23 heavy (non-hydrogen) atoms. The first-order valence-electron chi connectivity index (χ1n) is 6.63. The van der Waals surface area contributed by atoms with Crippen LogP contribution in [0.15, 0.2) is 42.5 Å². The SMILES string of the molecule is CCOC(=O)c1ccc(Oc2ccc(C(F)(F)F)cc2)c(F)c1. The maximum atomic E-state index is 13.9. The Morgan fingerprint density at radius 3 is 2.26 bits per heavy atom. The monoisotopic (exact) mass is 328 g/mol. The molecule has 122 valence electrons. The molecule has 0 bridgehead atoms. The van der Waals surface area contributed by atoms with Crippen molar-refractivity contribution in [3.63, 3.8) is 0 Å². The minimum atomic E-state index is -4.45. The fourth-order valence-electron chi connectivity index (χ4n) is 1.76. The third-order valence-corrected chi connectivity index (χ3v) is 2.85. The van der Waals surface area contributed by atoms with Gasteiger partial charge in [-0.25, -0.2) is 9.18 Å². The number of hydrogen-bond donors (Lipinski definition) is 0. The largest absolute Gasteiger partial charge is 0.462 e. The molecular weight excluding hydrogens is 316 g/mol.